The van der Waals surface area contributed by atoms with Gasteiger partial charge < -0.3 is 9.73 Å². The van der Waals surface area contributed by atoms with Crippen molar-refractivity contribution in [2.24, 2.45) is 0 Å². The molecular formula is C22H19BrN2O4. The number of rotatable bonds is 3. The normalized spacial score (nSPS) is 19.1. The van der Waals surface area contributed by atoms with Crippen LogP contribution in [0.4, 0.5) is 4.79 Å². The van der Waals surface area contributed by atoms with Crippen LogP contribution in [-0.2, 0) is 16.9 Å². The van der Waals surface area contributed by atoms with Crippen molar-refractivity contribution in [3.8, 4) is 0 Å². The summed E-state index contributed by atoms with van der Waals surface area (Å²) in [4.78, 5) is 39.2. The number of hydrogen-bond acceptors (Lipinski definition) is 4. The molecule has 0 aliphatic carbocycles. The quantitative estimate of drug-likeness (QED) is 0.476. The largest absolute Gasteiger partial charge is 0.422 e. The molecule has 1 aliphatic rings. The van der Waals surface area contributed by atoms with E-state index in [0.29, 0.717) is 22.1 Å². The van der Waals surface area contributed by atoms with Crippen LogP contribution in [-0.4, -0.2) is 16.8 Å². The second-order valence-electron chi connectivity index (χ2n) is 7.40. The second-order valence-corrected chi connectivity index (χ2v) is 8.26. The number of benzene rings is 2. The van der Waals surface area contributed by atoms with Gasteiger partial charge in [-0.1, -0.05) is 46.3 Å². The number of fused-ring (bicyclic) bond motifs is 1. The average Bonchev–Trinajstić information content (AvgIpc) is 2.89. The fourth-order valence-electron chi connectivity index (χ4n) is 3.72. The zero-order chi connectivity index (χ0) is 20.9. The number of hydrogen-bond donors (Lipinski definition) is 1. The van der Waals surface area contributed by atoms with E-state index in [4.69, 9.17) is 4.42 Å². The Labute approximate surface area is 175 Å². The predicted molar refractivity (Wildman–Crippen MR) is 113 cm³/mol. The van der Waals surface area contributed by atoms with Gasteiger partial charge in [0.2, 0.25) is 0 Å². The molecule has 6 nitrogen and oxygen atoms in total. The highest BCUT2D eigenvalue weighted by Gasteiger charge is 2.49. The Morgan fingerprint density at radius 1 is 1.10 bits per heavy atom. The molecule has 1 fully saturated rings. The number of nitrogens with zero attached hydrogens (tertiary/aromatic N) is 1. The number of nitrogens with one attached hydrogen (secondary N) is 1. The van der Waals surface area contributed by atoms with Crippen molar-refractivity contribution >= 4 is 38.8 Å². The van der Waals surface area contributed by atoms with E-state index in [-0.39, 0.29) is 12.5 Å². The van der Waals surface area contributed by atoms with Crippen LogP contribution < -0.4 is 10.9 Å². The molecule has 0 bridgehead atoms. The summed E-state index contributed by atoms with van der Waals surface area (Å²) in [7, 11) is 0. The Balaban J connectivity index is 1.77. The van der Waals surface area contributed by atoms with E-state index in [9.17, 15) is 14.4 Å². The Bertz CT molecular complexity index is 1230. The van der Waals surface area contributed by atoms with E-state index in [1.54, 1.807) is 13.0 Å². The second kappa shape index (κ2) is 6.84. The lowest BCUT2D eigenvalue weighted by molar-refractivity contribution is -0.131. The maximum absolute atomic E-state index is 13.3. The average molecular weight is 455 g/mol. The van der Waals surface area contributed by atoms with Crippen molar-refractivity contribution in [3.05, 3.63) is 79.6 Å². The van der Waals surface area contributed by atoms with E-state index in [2.05, 4.69) is 21.2 Å². The number of urea groups is 1. The number of carbonyl (C=O) groups is 2. The number of imide groups is 1. The molecule has 0 spiro atoms. The van der Waals surface area contributed by atoms with E-state index in [1.807, 2.05) is 44.2 Å². The fraction of sp³-hybridized carbons (Fsp3) is 0.227. The Morgan fingerprint density at radius 2 is 1.83 bits per heavy atom. The van der Waals surface area contributed by atoms with Gasteiger partial charge in [-0.15, -0.1) is 0 Å². The van der Waals surface area contributed by atoms with Gasteiger partial charge >= 0.3 is 11.7 Å². The monoisotopic (exact) mass is 454 g/mol. The Hall–Kier alpha value is -2.93. The lowest BCUT2D eigenvalue weighted by Gasteiger charge is -2.23. The van der Waals surface area contributed by atoms with Gasteiger partial charge in [0.15, 0.2) is 0 Å². The van der Waals surface area contributed by atoms with Crippen LogP contribution >= 0.6 is 15.9 Å². The highest BCUT2D eigenvalue weighted by molar-refractivity contribution is 9.10. The fourth-order valence-corrected chi connectivity index (χ4v) is 4.40. The molecule has 1 N–H and O–H groups in total. The molecule has 1 saturated heterocycles. The SMILES string of the molecule is Cc1ccc2c(CN3C(=O)N[C@](C)(c4ccccc4Br)C3=O)cc(=O)oc2c1C. The third-order valence-electron chi connectivity index (χ3n) is 5.53. The zero-order valence-corrected chi connectivity index (χ0v) is 17.8. The molecule has 29 heavy (non-hydrogen) atoms. The summed E-state index contributed by atoms with van der Waals surface area (Å²) in [6.45, 7) is 5.47. The zero-order valence-electron chi connectivity index (χ0n) is 16.2. The maximum Gasteiger partial charge on any atom is 0.336 e. The van der Waals surface area contributed by atoms with Gasteiger partial charge in [0.05, 0.1) is 6.54 Å². The van der Waals surface area contributed by atoms with Crippen LogP contribution in [0.15, 0.2) is 56.1 Å². The molecule has 2 aromatic carbocycles. The lowest BCUT2D eigenvalue weighted by Crippen LogP contribution is -2.41. The molecule has 3 aromatic rings. The topological polar surface area (TPSA) is 79.6 Å². The summed E-state index contributed by atoms with van der Waals surface area (Å²) in [5, 5.41) is 3.51. The Morgan fingerprint density at radius 3 is 2.55 bits per heavy atom. The summed E-state index contributed by atoms with van der Waals surface area (Å²) in [6, 6.07) is 11.9. The molecule has 1 aliphatic heterocycles. The minimum Gasteiger partial charge on any atom is -0.422 e. The van der Waals surface area contributed by atoms with Crippen LogP contribution in [0.25, 0.3) is 11.0 Å². The number of halogens is 1. The van der Waals surface area contributed by atoms with E-state index >= 15 is 0 Å². The summed E-state index contributed by atoms with van der Waals surface area (Å²) in [5.74, 6) is -0.375. The van der Waals surface area contributed by atoms with Crippen molar-refractivity contribution in [2.45, 2.75) is 32.9 Å². The summed E-state index contributed by atoms with van der Waals surface area (Å²) in [5.41, 5.74) is 1.86. The van der Waals surface area contributed by atoms with Crippen molar-refractivity contribution < 1.29 is 14.0 Å². The standard InChI is InChI=1S/C22H19BrN2O4/c1-12-8-9-15-14(10-18(26)29-19(15)13(12)2)11-25-20(27)22(3,24-21(25)28)16-6-4-5-7-17(16)23/h4-10H,11H2,1-3H3,(H,24,28)/t22-/m1/s1. The van der Waals surface area contributed by atoms with Gasteiger partial charge in [-0.25, -0.2) is 9.59 Å². The number of aryl methyl sites for hydroxylation is 2. The first kappa shape index (κ1) is 19.4. The van der Waals surface area contributed by atoms with Crippen LogP contribution in [0.3, 0.4) is 0 Å². The third kappa shape index (κ3) is 3.06. The highest BCUT2D eigenvalue weighted by Crippen LogP contribution is 2.35. The van der Waals surface area contributed by atoms with Gasteiger partial charge in [-0.3, -0.25) is 9.69 Å². The maximum atomic E-state index is 13.3. The van der Waals surface area contributed by atoms with E-state index < -0.39 is 17.2 Å². The molecule has 0 radical (unpaired) electrons. The molecule has 1 atom stereocenters. The molecule has 4 rings (SSSR count). The first-order chi connectivity index (χ1) is 13.7. The van der Waals surface area contributed by atoms with Crippen LogP contribution in [0.5, 0.6) is 0 Å². The predicted octanol–water partition coefficient (Wildman–Crippen LogP) is 4.14. The Kier molecular flexibility index (Phi) is 4.58. The van der Waals surface area contributed by atoms with Gasteiger partial charge in [0, 0.05) is 21.5 Å². The molecular weight excluding hydrogens is 436 g/mol. The van der Waals surface area contributed by atoms with Crippen LogP contribution in [0.2, 0.25) is 0 Å². The van der Waals surface area contributed by atoms with E-state index in [0.717, 1.165) is 20.5 Å². The minimum absolute atomic E-state index is 0.0185. The molecule has 0 unspecified atom stereocenters. The van der Waals surface area contributed by atoms with Crippen LogP contribution in [0, 0.1) is 13.8 Å². The molecule has 2 heterocycles. The molecule has 0 saturated carbocycles. The van der Waals surface area contributed by atoms with Crippen molar-refractivity contribution in [1.82, 2.24) is 10.2 Å². The molecule has 3 amide bonds. The van der Waals surface area contributed by atoms with Gasteiger partial charge in [0.1, 0.15) is 11.1 Å². The summed E-state index contributed by atoms with van der Waals surface area (Å²) < 4.78 is 6.12. The number of carbonyl (C=O) groups excluding carboxylic acids is 2. The van der Waals surface area contributed by atoms with Crippen molar-refractivity contribution in [3.63, 3.8) is 0 Å². The summed E-state index contributed by atoms with van der Waals surface area (Å²) in [6.07, 6.45) is 0. The lowest BCUT2D eigenvalue weighted by atomic mass is 9.92. The molecule has 7 heteroatoms. The highest BCUT2D eigenvalue weighted by atomic mass is 79.9. The van der Waals surface area contributed by atoms with Gasteiger partial charge in [-0.05, 0) is 43.5 Å². The molecule has 148 valence electrons. The van der Waals surface area contributed by atoms with Crippen molar-refractivity contribution in [2.75, 3.05) is 0 Å². The van der Waals surface area contributed by atoms with Gasteiger partial charge in [0.25, 0.3) is 5.91 Å². The van der Waals surface area contributed by atoms with Crippen molar-refractivity contribution in [1.29, 1.82) is 0 Å². The minimum atomic E-state index is -1.20. The first-order valence-electron chi connectivity index (χ1n) is 9.14. The smallest absolute Gasteiger partial charge is 0.336 e. The summed E-state index contributed by atoms with van der Waals surface area (Å²) >= 11 is 3.46. The number of amides is 3. The van der Waals surface area contributed by atoms with Gasteiger partial charge in [-0.2, -0.15) is 0 Å². The molecule has 1 aromatic heterocycles. The van der Waals surface area contributed by atoms with E-state index in [1.165, 1.54) is 6.07 Å². The van der Waals surface area contributed by atoms with Crippen LogP contribution in [0.1, 0.15) is 29.2 Å². The third-order valence-corrected chi connectivity index (χ3v) is 6.22. The first-order valence-corrected chi connectivity index (χ1v) is 9.93.